The first-order chi connectivity index (χ1) is 10.2. The normalized spacial score (nSPS) is 15.7. The molecule has 22 heavy (non-hydrogen) atoms. The van der Waals surface area contributed by atoms with Crippen molar-refractivity contribution in [3.05, 3.63) is 35.9 Å². The van der Waals surface area contributed by atoms with Crippen LogP contribution in [-0.2, 0) is 5.41 Å². The van der Waals surface area contributed by atoms with Gasteiger partial charge in [0.2, 0.25) is 0 Å². The molecule has 0 bridgehead atoms. The summed E-state index contributed by atoms with van der Waals surface area (Å²) in [4.78, 5) is 12.0. The summed E-state index contributed by atoms with van der Waals surface area (Å²) in [5.41, 5.74) is 0.104. The monoisotopic (exact) mass is 324 g/mol. The average Bonchev–Trinajstić information content (AvgIpc) is 2.46. The van der Waals surface area contributed by atoms with Crippen molar-refractivity contribution < 1.29 is 9.90 Å². The van der Waals surface area contributed by atoms with E-state index in [1.54, 1.807) is 18.7 Å². The summed E-state index contributed by atoms with van der Waals surface area (Å²) in [6, 6.07) is 9.84. The molecule has 2 unspecified atom stereocenters. The fourth-order valence-electron chi connectivity index (χ4n) is 2.18. The van der Waals surface area contributed by atoms with Crippen molar-refractivity contribution in [3.8, 4) is 0 Å². The van der Waals surface area contributed by atoms with Crippen LogP contribution in [0.3, 0.4) is 0 Å². The minimum atomic E-state index is -0.894. The Morgan fingerprint density at radius 2 is 1.86 bits per heavy atom. The molecule has 0 spiro atoms. The number of benzene rings is 1. The van der Waals surface area contributed by atoms with E-state index in [4.69, 9.17) is 0 Å². The van der Waals surface area contributed by atoms with Crippen molar-refractivity contribution >= 4 is 17.8 Å². The number of carbonyl (C=O) groups excluding carboxylic acids is 1. The van der Waals surface area contributed by atoms with Gasteiger partial charge in [-0.1, -0.05) is 44.2 Å². The molecule has 0 heterocycles. The van der Waals surface area contributed by atoms with Crippen molar-refractivity contribution in [2.24, 2.45) is 0 Å². The van der Waals surface area contributed by atoms with Gasteiger partial charge in [-0.05, 0) is 25.7 Å². The molecule has 0 fully saturated rings. The number of aliphatic hydroxyl groups is 1. The first-order valence-electron chi connectivity index (χ1n) is 7.50. The zero-order valence-electron chi connectivity index (χ0n) is 14.1. The van der Waals surface area contributed by atoms with Crippen LogP contribution in [0, 0.1) is 0 Å². The van der Waals surface area contributed by atoms with Crippen LogP contribution in [0.25, 0.3) is 0 Å². The number of rotatable bonds is 7. The summed E-state index contributed by atoms with van der Waals surface area (Å²) in [6.45, 7) is 8.17. The van der Waals surface area contributed by atoms with Crippen LogP contribution in [0.15, 0.2) is 30.3 Å². The zero-order chi connectivity index (χ0) is 16.8. The summed E-state index contributed by atoms with van der Waals surface area (Å²) >= 11 is 1.55. The van der Waals surface area contributed by atoms with Crippen LogP contribution in [-0.4, -0.2) is 41.3 Å². The SMILES string of the molecule is CSCC(C)(O)CNC(=O)NC(C)C(C)(C)c1ccccc1. The van der Waals surface area contributed by atoms with Crippen molar-refractivity contribution in [2.45, 2.75) is 44.8 Å². The second-order valence-electron chi connectivity index (χ2n) is 6.57. The second kappa shape index (κ2) is 7.88. The summed E-state index contributed by atoms with van der Waals surface area (Å²) in [7, 11) is 0. The average molecular weight is 324 g/mol. The second-order valence-corrected chi connectivity index (χ2v) is 7.43. The molecule has 0 aliphatic rings. The standard InChI is InChI=1S/C17H28N2O2S/c1-13(16(2,3)14-9-7-6-8-10-14)19-15(20)18-11-17(4,21)12-22-5/h6-10,13,21H,11-12H2,1-5H3,(H2,18,19,20). The van der Waals surface area contributed by atoms with Crippen LogP contribution < -0.4 is 10.6 Å². The van der Waals surface area contributed by atoms with Gasteiger partial charge in [-0.25, -0.2) is 4.79 Å². The summed E-state index contributed by atoms with van der Waals surface area (Å²) in [6.07, 6.45) is 1.93. The third kappa shape index (κ3) is 5.54. The van der Waals surface area contributed by atoms with Crippen molar-refractivity contribution in [2.75, 3.05) is 18.6 Å². The largest absolute Gasteiger partial charge is 0.387 e. The van der Waals surface area contributed by atoms with Gasteiger partial charge in [-0.2, -0.15) is 11.8 Å². The van der Waals surface area contributed by atoms with Gasteiger partial charge in [0.15, 0.2) is 0 Å². The molecule has 0 aliphatic heterocycles. The summed E-state index contributed by atoms with van der Waals surface area (Å²) in [5.74, 6) is 0.582. The quantitative estimate of drug-likeness (QED) is 0.723. The molecule has 1 aromatic carbocycles. The predicted octanol–water partition coefficient (Wildman–Crippen LogP) is 2.77. The van der Waals surface area contributed by atoms with Crippen LogP contribution in [0.2, 0.25) is 0 Å². The van der Waals surface area contributed by atoms with E-state index < -0.39 is 5.60 Å². The van der Waals surface area contributed by atoms with E-state index in [-0.39, 0.29) is 24.0 Å². The number of carbonyl (C=O) groups is 1. The fraction of sp³-hybridized carbons (Fsp3) is 0.588. The van der Waals surface area contributed by atoms with Gasteiger partial charge >= 0.3 is 6.03 Å². The molecule has 2 atom stereocenters. The Bertz CT molecular complexity index is 475. The molecule has 5 heteroatoms. The summed E-state index contributed by atoms with van der Waals surface area (Å²) in [5, 5.41) is 15.8. The molecule has 4 nitrogen and oxygen atoms in total. The highest BCUT2D eigenvalue weighted by Crippen LogP contribution is 2.26. The van der Waals surface area contributed by atoms with Gasteiger partial charge in [-0.3, -0.25) is 0 Å². The smallest absolute Gasteiger partial charge is 0.315 e. The molecule has 1 rings (SSSR count). The summed E-state index contributed by atoms with van der Waals surface area (Å²) < 4.78 is 0. The Kier molecular flexibility index (Phi) is 6.75. The van der Waals surface area contributed by atoms with Crippen LogP contribution in [0.1, 0.15) is 33.3 Å². The lowest BCUT2D eigenvalue weighted by molar-refractivity contribution is 0.0866. The van der Waals surface area contributed by atoms with E-state index in [1.165, 1.54) is 5.56 Å². The molecule has 1 aromatic rings. The number of amides is 2. The van der Waals surface area contributed by atoms with Crippen molar-refractivity contribution in [1.29, 1.82) is 0 Å². The lowest BCUT2D eigenvalue weighted by Crippen LogP contribution is -2.52. The molecule has 3 N–H and O–H groups in total. The van der Waals surface area contributed by atoms with E-state index in [0.717, 1.165) is 0 Å². The van der Waals surface area contributed by atoms with Crippen molar-refractivity contribution in [1.82, 2.24) is 10.6 Å². The number of urea groups is 1. The number of hydrogen-bond acceptors (Lipinski definition) is 3. The maximum atomic E-state index is 12.0. The molecular formula is C17H28N2O2S. The van der Waals surface area contributed by atoms with Gasteiger partial charge in [0.1, 0.15) is 0 Å². The van der Waals surface area contributed by atoms with E-state index in [0.29, 0.717) is 5.75 Å². The Hall–Kier alpha value is -1.20. The Balaban J connectivity index is 2.57. The number of hydrogen-bond donors (Lipinski definition) is 3. The molecule has 0 aromatic heterocycles. The van der Waals surface area contributed by atoms with Gasteiger partial charge in [-0.15, -0.1) is 0 Å². The Morgan fingerprint density at radius 1 is 1.27 bits per heavy atom. The number of nitrogens with one attached hydrogen (secondary N) is 2. The fourth-order valence-corrected chi connectivity index (χ4v) is 2.90. The lowest BCUT2D eigenvalue weighted by atomic mass is 9.78. The highest BCUT2D eigenvalue weighted by molar-refractivity contribution is 7.98. The highest BCUT2D eigenvalue weighted by Gasteiger charge is 2.29. The van der Waals surface area contributed by atoms with Crippen molar-refractivity contribution in [3.63, 3.8) is 0 Å². The van der Waals surface area contributed by atoms with Gasteiger partial charge < -0.3 is 15.7 Å². The Morgan fingerprint density at radius 3 is 2.41 bits per heavy atom. The Labute approximate surface area is 138 Å². The van der Waals surface area contributed by atoms with Crippen LogP contribution >= 0.6 is 11.8 Å². The molecule has 2 amide bonds. The first kappa shape index (κ1) is 18.8. The van der Waals surface area contributed by atoms with Crippen LogP contribution in [0.4, 0.5) is 4.79 Å². The topological polar surface area (TPSA) is 61.4 Å². The van der Waals surface area contributed by atoms with E-state index in [9.17, 15) is 9.90 Å². The third-order valence-electron chi connectivity index (χ3n) is 4.03. The maximum absolute atomic E-state index is 12.0. The highest BCUT2D eigenvalue weighted by atomic mass is 32.2. The van der Waals surface area contributed by atoms with Gasteiger partial charge in [0.25, 0.3) is 0 Å². The number of thioether (sulfide) groups is 1. The third-order valence-corrected chi connectivity index (χ3v) is 4.94. The molecular weight excluding hydrogens is 296 g/mol. The molecule has 0 aliphatic carbocycles. The first-order valence-corrected chi connectivity index (χ1v) is 8.89. The lowest BCUT2D eigenvalue weighted by Gasteiger charge is -2.33. The van der Waals surface area contributed by atoms with Gasteiger partial charge in [0.05, 0.1) is 5.60 Å². The molecule has 0 radical (unpaired) electrons. The maximum Gasteiger partial charge on any atom is 0.315 e. The van der Waals surface area contributed by atoms with E-state index >= 15 is 0 Å². The molecule has 0 saturated carbocycles. The van der Waals surface area contributed by atoms with E-state index in [1.807, 2.05) is 31.4 Å². The minimum Gasteiger partial charge on any atom is -0.387 e. The molecule has 0 saturated heterocycles. The van der Waals surface area contributed by atoms with Crippen LogP contribution in [0.5, 0.6) is 0 Å². The van der Waals surface area contributed by atoms with Gasteiger partial charge in [0, 0.05) is 23.8 Å². The predicted molar refractivity (Wildman–Crippen MR) is 94.5 cm³/mol. The van der Waals surface area contributed by atoms with E-state index in [2.05, 4.69) is 36.6 Å². The molecule has 124 valence electrons. The zero-order valence-corrected chi connectivity index (χ0v) is 15.0. The minimum absolute atomic E-state index is 0.0413.